The lowest BCUT2D eigenvalue weighted by Gasteiger charge is -2.55. The zero-order valence-electron chi connectivity index (χ0n) is 14.0. The summed E-state index contributed by atoms with van der Waals surface area (Å²) >= 11 is 0. The third kappa shape index (κ3) is 2.44. The highest BCUT2D eigenvalue weighted by atomic mass is 16.7. The smallest absolute Gasteiger partial charge is 0.226 e. The standard InChI is InChI=1S/C19H29NO3/c21-17(18-8-13-5-14(9-18)7-15(6-13)10-18)20-11-16-12-22-19(23-16)3-1-2-4-19/h13-16H,1-12H2,(H,20,21)/t13?,14?,15?,16-,18?/m1/s1. The van der Waals surface area contributed by atoms with Gasteiger partial charge in [-0.05, 0) is 69.1 Å². The SMILES string of the molecule is O=C(NC[C@@H]1COC2(CCCC2)O1)C12CC3CC(CC(C3)C1)C2. The molecule has 1 aliphatic heterocycles. The van der Waals surface area contributed by atoms with Gasteiger partial charge < -0.3 is 14.8 Å². The van der Waals surface area contributed by atoms with E-state index < -0.39 is 0 Å². The van der Waals surface area contributed by atoms with Crippen LogP contribution in [0.3, 0.4) is 0 Å². The molecule has 6 aliphatic rings. The van der Waals surface area contributed by atoms with Crippen molar-refractivity contribution in [1.82, 2.24) is 5.32 Å². The lowest BCUT2D eigenvalue weighted by atomic mass is 9.49. The summed E-state index contributed by atoms with van der Waals surface area (Å²) in [6.07, 6.45) is 12.0. The number of hydrogen-bond acceptors (Lipinski definition) is 3. The van der Waals surface area contributed by atoms with Crippen LogP contribution in [-0.4, -0.2) is 30.9 Å². The fourth-order valence-corrected chi connectivity index (χ4v) is 6.68. The first kappa shape index (κ1) is 14.7. The number of carbonyl (C=O) groups excluding carboxylic acids is 1. The summed E-state index contributed by atoms with van der Waals surface area (Å²) in [5.41, 5.74) is -0.0424. The third-order valence-electron chi connectivity index (χ3n) is 7.29. The van der Waals surface area contributed by atoms with E-state index in [0.717, 1.165) is 49.9 Å². The van der Waals surface area contributed by atoms with Crippen LogP contribution in [0.4, 0.5) is 0 Å². The fraction of sp³-hybridized carbons (Fsp3) is 0.947. The van der Waals surface area contributed by atoms with Gasteiger partial charge >= 0.3 is 0 Å². The van der Waals surface area contributed by atoms with E-state index in [1.165, 1.54) is 32.1 Å². The maximum Gasteiger partial charge on any atom is 0.226 e. The molecule has 1 atom stereocenters. The largest absolute Gasteiger partial charge is 0.353 e. The lowest BCUT2D eigenvalue weighted by molar-refractivity contribution is -0.163. The first-order chi connectivity index (χ1) is 11.1. The van der Waals surface area contributed by atoms with Gasteiger partial charge in [0.25, 0.3) is 0 Å². The van der Waals surface area contributed by atoms with Gasteiger partial charge in [-0.25, -0.2) is 0 Å². The fourth-order valence-electron chi connectivity index (χ4n) is 6.68. The van der Waals surface area contributed by atoms with Crippen molar-refractivity contribution < 1.29 is 14.3 Å². The molecule has 0 aromatic heterocycles. The summed E-state index contributed by atoms with van der Waals surface area (Å²) in [5, 5.41) is 3.24. The molecule has 4 heteroatoms. The highest BCUT2D eigenvalue weighted by Gasteiger charge is 2.54. The maximum atomic E-state index is 13.0. The normalized spacial score (nSPS) is 46.6. The first-order valence-electron chi connectivity index (χ1n) is 9.75. The molecule has 1 N–H and O–H groups in total. The van der Waals surface area contributed by atoms with E-state index in [2.05, 4.69) is 5.32 Å². The predicted molar refractivity (Wildman–Crippen MR) is 85.6 cm³/mol. The van der Waals surface area contributed by atoms with Gasteiger partial charge in [0, 0.05) is 24.8 Å². The highest BCUT2D eigenvalue weighted by Crippen LogP contribution is 2.60. The van der Waals surface area contributed by atoms with Gasteiger partial charge in [-0.3, -0.25) is 4.79 Å². The van der Waals surface area contributed by atoms with Crippen LogP contribution in [0.2, 0.25) is 0 Å². The molecule has 4 nitrogen and oxygen atoms in total. The molecular formula is C19H29NO3. The van der Waals surface area contributed by atoms with Crippen LogP contribution in [0.15, 0.2) is 0 Å². The van der Waals surface area contributed by atoms with Crippen molar-refractivity contribution in [3.63, 3.8) is 0 Å². The Balaban J connectivity index is 1.20. The van der Waals surface area contributed by atoms with E-state index in [1.807, 2.05) is 0 Å². The molecule has 128 valence electrons. The predicted octanol–water partition coefficient (Wildman–Crippen LogP) is 3.00. The molecule has 1 amide bonds. The van der Waals surface area contributed by atoms with Crippen molar-refractivity contribution in [2.75, 3.05) is 13.2 Å². The number of hydrogen-bond donors (Lipinski definition) is 1. The summed E-state index contributed by atoms with van der Waals surface area (Å²) in [5.74, 6) is 2.46. The average Bonchev–Trinajstić information content (AvgIpc) is 3.14. The first-order valence-corrected chi connectivity index (χ1v) is 9.75. The minimum absolute atomic E-state index is 0.0424. The summed E-state index contributed by atoms with van der Waals surface area (Å²) in [6.45, 7) is 1.27. The van der Waals surface area contributed by atoms with Gasteiger partial charge in [0.05, 0.1) is 6.61 Å². The van der Waals surface area contributed by atoms with E-state index in [0.29, 0.717) is 19.1 Å². The van der Waals surface area contributed by atoms with E-state index in [9.17, 15) is 4.79 Å². The molecule has 0 aromatic rings. The van der Waals surface area contributed by atoms with Crippen LogP contribution in [0.5, 0.6) is 0 Å². The Morgan fingerprint density at radius 3 is 2.22 bits per heavy atom. The number of carbonyl (C=O) groups is 1. The molecule has 0 aromatic carbocycles. The summed E-state index contributed by atoms with van der Waals surface area (Å²) in [6, 6.07) is 0. The van der Waals surface area contributed by atoms with Crippen molar-refractivity contribution in [3.05, 3.63) is 0 Å². The minimum atomic E-state index is -0.309. The minimum Gasteiger partial charge on any atom is -0.353 e. The number of ether oxygens (including phenoxy) is 2. The van der Waals surface area contributed by atoms with Crippen molar-refractivity contribution in [2.45, 2.75) is 76.1 Å². The van der Waals surface area contributed by atoms with Crippen LogP contribution in [0.25, 0.3) is 0 Å². The zero-order valence-corrected chi connectivity index (χ0v) is 14.0. The molecular weight excluding hydrogens is 290 g/mol. The van der Waals surface area contributed by atoms with Crippen LogP contribution in [-0.2, 0) is 14.3 Å². The Morgan fingerprint density at radius 1 is 1.00 bits per heavy atom. The molecule has 6 rings (SSSR count). The van der Waals surface area contributed by atoms with E-state index in [1.54, 1.807) is 0 Å². The Morgan fingerprint density at radius 2 is 1.61 bits per heavy atom. The molecule has 6 fully saturated rings. The van der Waals surface area contributed by atoms with Crippen LogP contribution < -0.4 is 5.32 Å². The maximum absolute atomic E-state index is 13.0. The molecule has 1 heterocycles. The van der Waals surface area contributed by atoms with E-state index in [4.69, 9.17) is 9.47 Å². The number of nitrogens with one attached hydrogen (secondary N) is 1. The summed E-state index contributed by atoms with van der Waals surface area (Å²) < 4.78 is 12.1. The van der Waals surface area contributed by atoms with E-state index >= 15 is 0 Å². The molecule has 4 bridgehead atoms. The summed E-state index contributed by atoms with van der Waals surface area (Å²) in [4.78, 5) is 13.0. The number of rotatable bonds is 3. The molecule has 0 radical (unpaired) electrons. The Kier molecular flexibility index (Phi) is 3.32. The van der Waals surface area contributed by atoms with Crippen LogP contribution in [0, 0.1) is 23.2 Å². The van der Waals surface area contributed by atoms with Crippen molar-refractivity contribution in [2.24, 2.45) is 23.2 Å². The van der Waals surface area contributed by atoms with E-state index in [-0.39, 0.29) is 17.3 Å². The second-order valence-corrected chi connectivity index (χ2v) is 9.08. The van der Waals surface area contributed by atoms with Crippen molar-refractivity contribution in [1.29, 1.82) is 0 Å². The second kappa shape index (κ2) is 5.19. The van der Waals surface area contributed by atoms with Crippen LogP contribution in [0.1, 0.15) is 64.2 Å². The Hall–Kier alpha value is -0.610. The highest BCUT2D eigenvalue weighted by molar-refractivity contribution is 5.83. The van der Waals surface area contributed by atoms with Gasteiger partial charge in [-0.15, -0.1) is 0 Å². The molecule has 5 saturated carbocycles. The monoisotopic (exact) mass is 319 g/mol. The zero-order chi connectivity index (χ0) is 15.5. The molecule has 1 spiro atoms. The van der Waals surface area contributed by atoms with Gasteiger partial charge in [0.2, 0.25) is 5.91 Å². The van der Waals surface area contributed by atoms with Gasteiger partial charge in [0.1, 0.15) is 6.10 Å². The van der Waals surface area contributed by atoms with Crippen molar-refractivity contribution in [3.8, 4) is 0 Å². The van der Waals surface area contributed by atoms with Gasteiger partial charge in [-0.1, -0.05) is 0 Å². The molecule has 1 saturated heterocycles. The third-order valence-corrected chi connectivity index (χ3v) is 7.29. The van der Waals surface area contributed by atoms with Gasteiger partial charge in [0.15, 0.2) is 5.79 Å². The molecule has 0 unspecified atom stereocenters. The molecule has 5 aliphatic carbocycles. The Labute approximate surface area is 138 Å². The van der Waals surface area contributed by atoms with Gasteiger partial charge in [-0.2, -0.15) is 0 Å². The summed E-state index contributed by atoms with van der Waals surface area (Å²) in [7, 11) is 0. The average molecular weight is 319 g/mol. The van der Waals surface area contributed by atoms with Crippen molar-refractivity contribution >= 4 is 5.91 Å². The topological polar surface area (TPSA) is 47.6 Å². The quantitative estimate of drug-likeness (QED) is 0.870. The lowest BCUT2D eigenvalue weighted by Crippen LogP contribution is -2.54. The second-order valence-electron chi connectivity index (χ2n) is 9.08. The molecule has 23 heavy (non-hydrogen) atoms. The number of amides is 1. The van der Waals surface area contributed by atoms with Crippen LogP contribution >= 0.6 is 0 Å². The Bertz CT molecular complexity index is 462.